The van der Waals surface area contributed by atoms with Gasteiger partial charge in [-0.2, -0.15) is 0 Å². The summed E-state index contributed by atoms with van der Waals surface area (Å²) in [4.78, 5) is 0. The van der Waals surface area contributed by atoms with Crippen molar-refractivity contribution in [3.8, 4) is 0 Å². The van der Waals surface area contributed by atoms with Gasteiger partial charge in [-0.05, 0) is 6.92 Å². The highest BCUT2D eigenvalue weighted by Crippen LogP contribution is 2.29. The van der Waals surface area contributed by atoms with Gasteiger partial charge in [0.2, 0.25) is 0 Å². The van der Waals surface area contributed by atoms with Gasteiger partial charge in [0.15, 0.2) is 4.34 Å². The van der Waals surface area contributed by atoms with Crippen LogP contribution in [0.5, 0.6) is 0 Å². The summed E-state index contributed by atoms with van der Waals surface area (Å²) in [6, 6.07) is 0. The third-order valence-corrected chi connectivity index (χ3v) is 4.13. The summed E-state index contributed by atoms with van der Waals surface area (Å²) in [5.41, 5.74) is 0. The summed E-state index contributed by atoms with van der Waals surface area (Å²) in [7, 11) is 0. The minimum absolute atomic E-state index is 0.229. The minimum Gasteiger partial charge on any atom is -0.391 e. The monoisotopic (exact) mass is 217 g/mol. The van der Waals surface area contributed by atoms with Gasteiger partial charge in [-0.15, -0.1) is 10.2 Å². The lowest BCUT2D eigenvalue weighted by atomic mass is 10.3. The second-order valence-corrected chi connectivity index (χ2v) is 5.64. The summed E-state index contributed by atoms with van der Waals surface area (Å²) < 4.78 is 0.949. The smallest absolute Gasteiger partial charge is 0.174 e. The van der Waals surface area contributed by atoms with Gasteiger partial charge in [0.1, 0.15) is 5.01 Å². The molecule has 0 aromatic carbocycles. The van der Waals surface area contributed by atoms with Gasteiger partial charge < -0.3 is 10.4 Å². The lowest BCUT2D eigenvalue weighted by molar-refractivity contribution is 0.201. The average Bonchev–Trinajstić information content (AvgIpc) is 2.64. The van der Waals surface area contributed by atoms with Gasteiger partial charge in [-0.25, -0.2) is 0 Å². The topological polar surface area (TPSA) is 58.0 Å². The molecule has 1 saturated heterocycles. The van der Waals surface area contributed by atoms with Crippen molar-refractivity contribution in [2.75, 3.05) is 13.1 Å². The zero-order valence-electron chi connectivity index (χ0n) is 7.23. The summed E-state index contributed by atoms with van der Waals surface area (Å²) in [6.45, 7) is 3.48. The molecule has 1 fully saturated rings. The van der Waals surface area contributed by atoms with Crippen molar-refractivity contribution < 1.29 is 5.11 Å². The zero-order chi connectivity index (χ0) is 9.26. The molecule has 1 aromatic heterocycles. The van der Waals surface area contributed by atoms with E-state index in [9.17, 15) is 5.11 Å². The fourth-order valence-electron chi connectivity index (χ4n) is 1.22. The molecule has 0 amide bonds. The fraction of sp³-hybridized carbons (Fsp3) is 0.714. The van der Waals surface area contributed by atoms with Gasteiger partial charge in [-0.1, -0.05) is 23.1 Å². The van der Waals surface area contributed by atoms with E-state index in [2.05, 4.69) is 15.5 Å². The van der Waals surface area contributed by atoms with Crippen molar-refractivity contribution in [2.45, 2.75) is 22.6 Å². The molecule has 2 unspecified atom stereocenters. The van der Waals surface area contributed by atoms with E-state index in [1.54, 1.807) is 23.1 Å². The summed E-state index contributed by atoms with van der Waals surface area (Å²) in [5.74, 6) is 0. The van der Waals surface area contributed by atoms with Gasteiger partial charge >= 0.3 is 0 Å². The Morgan fingerprint density at radius 1 is 1.54 bits per heavy atom. The molecule has 0 bridgehead atoms. The van der Waals surface area contributed by atoms with E-state index in [1.165, 1.54) is 0 Å². The number of nitrogens with one attached hydrogen (secondary N) is 1. The normalized spacial score (nSPS) is 28.2. The number of rotatable bonds is 2. The number of thioether (sulfide) groups is 1. The van der Waals surface area contributed by atoms with Gasteiger partial charge in [0, 0.05) is 13.1 Å². The van der Waals surface area contributed by atoms with Crippen LogP contribution in [0.3, 0.4) is 0 Å². The lowest BCUT2D eigenvalue weighted by Gasteiger charge is -2.09. The second-order valence-electron chi connectivity index (χ2n) is 2.97. The molecule has 1 aliphatic heterocycles. The van der Waals surface area contributed by atoms with Crippen LogP contribution in [-0.4, -0.2) is 39.7 Å². The number of aryl methyl sites for hydroxylation is 1. The van der Waals surface area contributed by atoms with Crippen LogP contribution in [0.25, 0.3) is 0 Å². The van der Waals surface area contributed by atoms with E-state index in [1.807, 2.05) is 6.92 Å². The first-order chi connectivity index (χ1) is 6.25. The molecule has 72 valence electrons. The molecule has 6 heteroatoms. The number of aromatic nitrogens is 2. The maximum absolute atomic E-state index is 9.53. The van der Waals surface area contributed by atoms with Gasteiger partial charge in [0.05, 0.1) is 11.4 Å². The standard InChI is InChI=1S/C7H11N3OS2/c1-4-9-10-7(12-4)13-6-3-8-2-5(6)11/h5-6,8,11H,2-3H2,1H3. The SMILES string of the molecule is Cc1nnc(SC2CNCC2O)s1. The Hall–Kier alpha value is -0.170. The second kappa shape index (κ2) is 3.91. The Morgan fingerprint density at radius 2 is 2.38 bits per heavy atom. The molecule has 13 heavy (non-hydrogen) atoms. The number of hydrogen-bond acceptors (Lipinski definition) is 6. The van der Waals surface area contributed by atoms with Crippen LogP contribution in [0.1, 0.15) is 5.01 Å². The fourth-order valence-corrected chi connectivity index (χ4v) is 3.36. The van der Waals surface area contributed by atoms with E-state index in [-0.39, 0.29) is 11.4 Å². The van der Waals surface area contributed by atoms with Crippen LogP contribution in [0, 0.1) is 6.92 Å². The van der Waals surface area contributed by atoms with Crippen LogP contribution in [0.2, 0.25) is 0 Å². The lowest BCUT2D eigenvalue weighted by Crippen LogP contribution is -2.19. The molecule has 1 aromatic rings. The van der Waals surface area contributed by atoms with Gasteiger partial charge in [0.25, 0.3) is 0 Å². The van der Waals surface area contributed by atoms with E-state index in [0.717, 1.165) is 15.9 Å². The maximum atomic E-state index is 9.53. The minimum atomic E-state index is -0.255. The number of nitrogens with zero attached hydrogens (tertiary/aromatic N) is 2. The van der Waals surface area contributed by atoms with Crippen LogP contribution >= 0.6 is 23.1 Å². The zero-order valence-corrected chi connectivity index (χ0v) is 8.86. The van der Waals surface area contributed by atoms with Crippen LogP contribution in [0.4, 0.5) is 0 Å². The number of hydrogen-bond donors (Lipinski definition) is 2. The molecule has 2 rings (SSSR count). The van der Waals surface area contributed by atoms with Crippen molar-refractivity contribution >= 4 is 23.1 Å². The van der Waals surface area contributed by atoms with E-state index in [0.29, 0.717) is 6.54 Å². The Labute approximate surface area is 84.8 Å². The molecule has 2 N–H and O–H groups in total. The molecular formula is C7H11N3OS2. The molecule has 0 radical (unpaired) electrons. The Balaban J connectivity index is 1.97. The molecule has 1 aliphatic rings. The third-order valence-electron chi connectivity index (χ3n) is 1.89. The highest BCUT2D eigenvalue weighted by molar-refractivity contribution is 8.01. The largest absolute Gasteiger partial charge is 0.391 e. The molecule has 4 nitrogen and oxygen atoms in total. The first-order valence-corrected chi connectivity index (χ1v) is 5.81. The van der Waals surface area contributed by atoms with E-state index < -0.39 is 0 Å². The van der Waals surface area contributed by atoms with Gasteiger partial charge in [-0.3, -0.25) is 0 Å². The highest BCUT2D eigenvalue weighted by Gasteiger charge is 2.26. The Bertz CT molecular complexity index is 291. The molecule has 2 heterocycles. The highest BCUT2D eigenvalue weighted by atomic mass is 32.2. The van der Waals surface area contributed by atoms with Crippen LogP contribution < -0.4 is 5.32 Å². The summed E-state index contributed by atoms with van der Waals surface area (Å²) >= 11 is 3.19. The van der Waals surface area contributed by atoms with Crippen molar-refractivity contribution in [3.05, 3.63) is 5.01 Å². The van der Waals surface area contributed by atoms with E-state index >= 15 is 0 Å². The summed E-state index contributed by atoms with van der Waals surface area (Å²) in [5, 5.41) is 21.8. The maximum Gasteiger partial charge on any atom is 0.174 e. The number of aliphatic hydroxyl groups excluding tert-OH is 1. The third kappa shape index (κ3) is 2.19. The molecule has 0 spiro atoms. The predicted octanol–water partition coefficient (Wildman–Crippen LogP) is 0.271. The first kappa shape index (κ1) is 9.39. The van der Waals surface area contributed by atoms with Crippen molar-refractivity contribution in [1.29, 1.82) is 0 Å². The quantitative estimate of drug-likeness (QED) is 0.745. The van der Waals surface area contributed by atoms with Crippen molar-refractivity contribution in [2.24, 2.45) is 0 Å². The van der Waals surface area contributed by atoms with E-state index in [4.69, 9.17) is 0 Å². The number of β-amino-alcohol motifs (C(OH)–C–C–N with tert-alkyl or cyclic N) is 1. The molecule has 0 saturated carbocycles. The first-order valence-electron chi connectivity index (χ1n) is 4.11. The summed E-state index contributed by atoms with van der Waals surface area (Å²) in [6.07, 6.45) is -0.255. The molecule has 2 atom stereocenters. The average molecular weight is 217 g/mol. The van der Waals surface area contributed by atoms with Crippen molar-refractivity contribution in [1.82, 2.24) is 15.5 Å². The molecule has 0 aliphatic carbocycles. The van der Waals surface area contributed by atoms with Crippen LogP contribution in [0.15, 0.2) is 4.34 Å². The van der Waals surface area contributed by atoms with Crippen LogP contribution in [-0.2, 0) is 0 Å². The predicted molar refractivity (Wildman–Crippen MR) is 53.2 cm³/mol. The molecular weight excluding hydrogens is 206 g/mol. The Morgan fingerprint density at radius 3 is 2.92 bits per heavy atom. The Kier molecular flexibility index (Phi) is 2.83. The van der Waals surface area contributed by atoms with Crippen molar-refractivity contribution in [3.63, 3.8) is 0 Å². The number of aliphatic hydroxyl groups is 1.